The van der Waals surface area contributed by atoms with Crippen LogP contribution >= 0.6 is 11.6 Å². The Bertz CT molecular complexity index is 1340. The van der Waals surface area contributed by atoms with Crippen molar-refractivity contribution < 1.29 is 24.6 Å². The molecule has 1 aliphatic heterocycles. The van der Waals surface area contributed by atoms with E-state index in [1.807, 2.05) is 0 Å². The third-order valence-electron chi connectivity index (χ3n) is 6.32. The van der Waals surface area contributed by atoms with Crippen LogP contribution in [0.3, 0.4) is 0 Å². The van der Waals surface area contributed by atoms with E-state index in [4.69, 9.17) is 11.6 Å². The van der Waals surface area contributed by atoms with Crippen molar-refractivity contribution in [3.63, 3.8) is 0 Å². The van der Waals surface area contributed by atoms with Crippen LogP contribution in [0.4, 0.5) is 5.69 Å². The van der Waals surface area contributed by atoms with E-state index in [9.17, 15) is 24.6 Å². The smallest absolute Gasteiger partial charge is 0.201 e. The molecule has 3 aliphatic rings. The Morgan fingerprint density at radius 2 is 1.53 bits per heavy atom. The van der Waals surface area contributed by atoms with Gasteiger partial charge in [0.05, 0.1) is 11.1 Å². The number of Topliss-reactive ketones (excluding diaryl/α,β-unsaturated/α-hetero) is 3. The second kappa shape index (κ2) is 6.51. The Labute approximate surface area is 188 Å². The fourth-order valence-electron chi connectivity index (χ4n) is 5.10. The molecule has 1 heterocycles. The van der Waals surface area contributed by atoms with Gasteiger partial charge in [0.15, 0.2) is 17.3 Å². The van der Waals surface area contributed by atoms with E-state index in [0.717, 1.165) is 6.08 Å². The first-order valence-corrected chi connectivity index (χ1v) is 10.4. The highest BCUT2D eigenvalue weighted by atomic mass is 35.5. The number of anilines is 1. The number of rotatable bonds is 2. The summed E-state index contributed by atoms with van der Waals surface area (Å²) < 4.78 is 0. The number of alkyl halides is 1. The number of fused-ring (bicyclic) bond motifs is 3. The third kappa shape index (κ3) is 2.25. The van der Waals surface area contributed by atoms with Crippen LogP contribution in [0.2, 0.25) is 0 Å². The first-order valence-electron chi connectivity index (χ1n) is 9.98. The molecular formula is C25H18ClNO5. The van der Waals surface area contributed by atoms with Gasteiger partial charge < -0.3 is 15.1 Å². The maximum absolute atomic E-state index is 13.7. The predicted molar refractivity (Wildman–Crippen MR) is 119 cm³/mol. The molecule has 0 spiro atoms. The number of aliphatic hydroxyl groups excluding tert-OH is 1. The maximum Gasteiger partial charge on any atom is 0.201 e. The van der Waals surface area contributed by atoms with Crippen LogP contribution in [-0.4, -0.2) is 38.2 Å². The second-order valence-corrected chi connectivity index (χ2v) is 8.65. The van der Waals surface area contributed by atoms with Crippen molar-refractivity contribution in [1.82, 2.24) is 0 Å². The van der Waals surface area contributed by atoms with Crippen molar-refractivity contribution in [2.24, 2.45) is 0 Å². The van der Waals surface area contributed by atoms with E-state index in [0.29, 0.717) is 11.4 Å². The summed E-state index contributed by atoms with van der Waals surface area (Å²) in [6.07, 6.45) is 1.09. The maximum atomic E-state index is 13.7. The van der Waals surface area contributed by atoms with Gasteiger partial charge in [0.25, 0.3) is 0 Å². The molecule has 0 radical (unpaired) electrons. The molecule has 2 atom stereocenters. The summed E-state index contributed by atoms with van der Waals surface area (Å²) in [6, 6.07) is 14.9. The lowest BCUT2D eigenvalue weighted by atomic mass is 9.69. The van der Waals surface area contributed by atoms with Crippen molar-refractivity contribution in [2.45, 2.75) is 24.4 Å². The first-order chi connectivity index (χ1) is 15.1. The number of benzene rings is 2. The molecule has 2 aromatic carbocycles. The molecule has 6 nitrogen and oxygen atoms in total. The molecule has 2 N–H and O–H groups in total. The molecule has 2 unspecified atom stereocenters. The minimum absolute atomic E-state index is 0.0303. The van der Waals surface area contributed by atoms with Crippen LogP contribution in [0, 0.1) is 0 Å². The van der Waals surface area contributed by atoms with Crippen molar-refractivity contribution in [2.75, 3.05) is 4.90 Å². The standard InChI is InChI=1S/C25H18ClNO5/c1-13-20(14(2)28)24(26)12-18(29)19-21(23(31)17-11-7-6-10-16(17)22(19)30)25(24,32)27(13)15-8-4-3-5-9-15/h3-12,29,32H,1-2H3. The van der Waals surface area contributed by atoms with Crippen molar-refractivity contribution in [1.29, 1.82) is 0 Å². The van der Waals surface area contributed by atoms with Gasteiger partial charge in [-0.15, -0.1) is 11.6 Å². The van der Waals surface area contributed by atoms with E-state index in [1.54, 1.807) is 49.4 Å². The molecule has 0 saturated carbocycles. The van der Waals surface area contributed by atoms with Crippen molar-refractivity contribution in [3.8, 4) is 0 Å². The summed E-state index contributed by atoms with van der Waals surface area (Å²) in [4.78, 5) is 39.1. The van der Waals surface area contributed by atoms with E-state index < -0.39 is 33.7 Å². The summed E-state index contributed by atoms with van der Waals surface area (Å²) in [5.74, 6) is -2.22. The quantitative estimate of drug-likeness (QED) is 0.679. The zero-order valence-corrected chi connectivity index (χ0v) is 18.0. The van der Waals surface area contributed by atoms with Crippen LogP contribution in [0.5, 0.6) is 0 Å². The third-order valence-corrected chi connectivity index (χ3v) is 6.88. The minimum atomic E-state index is -2.33. The molecular weight excluding hydrogens is 430 g/mol. The SMILES string of the molecule is CC(=O)C1=C(C)N(c2ccccc2)C2(O)C3=C(C(=O)c4ccccc4C3=O)C(O)=CC12Cl. The molecule has 0 amide bonds. The minimum Gasteiger partial charge on any atom is -0.507 e. The molecule has 2 aliphatic carbocycles. The number of halogens is 1. The van der Waals surface area contributed by atoms with Gasteiger partial charge in [-0.05, 0) is 32.1 Å². The Kier molecular flexibility index (Phi) is 4.16. The molecule has 0 aromatic heterocycles. The number of nitrogens with zero attached hydrogens (tertiary/aromatic N) is 1. The molecule has 0 fully saturated rings. The first kappa shape index (κ1) is 20.4. The second-order valence-electron chi connectivity index (χ2n) is 8.05. The summed E-state index contributed by atoms with van der Waals surface area (Å²) in [7, 11) is 0. The Morgan fingerprint density at radius 1 is 0.969 bits per heavy atom. The molecule has 7 heteroatoms. The average Bonchev–Trinajstić information content (AvgIpc) is 2.93. The van der Waals surface area contributed by atoms with Crippen LogP contribution < -0.4 is 4.90 Å². The lowest BCUT2D eigenvalue weighted by molar-refractivity contribution is -0.114. The zero-order chi connectivity index (χ0) is 23.0. The largest absolute Gasteiger partial charge is 0.507 e. The normalized spacial score (nSPS) is 26.6. The lowest BCUT2D eigenvalue weighted by Crippen LogP contribution is -2.62. The van der Waals surface area contributed by atoms with Gasteiger partial charge in [-0.2, -0.15) is 0 Å². The number of aliphatic hydroxyl groups is 2. The highest BCUT2D eigenvalue weighted by Gasteiger charge is 2.68. The molecule has 32 heavy (non-hydrogen) atoms. The van der Waals surface area contributed by atoms with Gasteiger partial charge in [0.2, 0.25) is 5.72 Å². The van der Waals surface area contributed by atoms with Crippen molar-refractivity contribution in [3.05, 3.63) is 100.0 Å². The van der Waals surface area contributed by atoms with E-state index in [1.165, 1.54) is 24.0 Å². The predicted octanol–water partition coefficient (Wildman–Crippen LogP) is 3.87. The van der Waals surface area contributed by atoms with Gasteiger partial charge >= 0.3 is 0 Å². The molecule has 2 aromatic rings. The lowest BCUT2D eigenvalue weighted by Gasteiger charge is -2.47. The summed E-state index contributed by atoms with van der Waals surface area (Å²) in [5, 5.41) is 23.2. The average molecular weight is 448 g/mol. The number of hydrogen-bond acceptors (Lipinski definition) is 6. The van der Waals surface area contributed by atoms with Gasteiger partial charge in [0, 0.05) is 28.1 Å². The van der Waals surface area contributed by atoms with Crippen LogP contribution in [0.25, 0.3) is 0 Å². The number of hydrogen-bond donors (Lipinski definition) is 2. The summed E-state index contributed by atoms with van der Waals surface area (Å²) >= 11 is 6.96. The van der Waals surface area contributed by atoms with Gasteiger partial charge in [-0.1, -0.05) is 42.5 Å². The van der Waals surface area contributed by atoms with E-state index in [2.05, 4.69) is 0 Å². The number of carbonyl (C=O) groups excluding carboxylic acids is 3. The topological polar surface area (TPSA) is 94.9 Å². The molecule has 160 valence electrons. The highest BCUT2D eigenvalue weighted by Crippen LogP contribution is 2.59. The van der Waals surface area contributed by atoms with Gasteiger partial charge in [0.1, 0.15) is 10.6 Å². The number of allylic oxidation sites excluding steroid dienone is 2. The zero-order valence-electron chi connectivity index (χ0n) is 17.2. The monoisotopic (exact) mass is 447 g/mol. The van der Waals surface area contributed by atoms with Crippen LogP contribution in [0.15, 0.2) is 88.8 Å². The molecule has 0 saturated heterocycles. The fraction of sp³-hybridized carbons (Fsp3) is 0.160. The van der Waals surface area contributed by atoms with E-state index >= 15 is 0 Å². The summed E-state index contributed by atoms with van der Waals surface area (Å²) in [5.41, 5.74) is -1.96. The van der Waals surface area contributed by atoms with Crippen LogP contribution in [0.1, 0.15) is 34.6 Å². The molecule has 0 bridgehead atoms. The van der Waals surface area contributed by atoms with Crippen LogP contribution in [-0.2, 0) is 4.79 Å². The van der Waals surface area contributed by atoms with Crippen molar-refractivity contribution >= 4 is 34.6 Å². The van der Waals surface area contributed by atoms with Gasteiger partial charge in [-0.3, -0.25) is 14.4 Å². The molecule has 5 rings (SSSR count). The Balaban J connectivity index is 1.89. The number of carbonyl (C=O) groups is 3. The number of ketones is 3. The Morgan fingerprint density at radius 3 is 2.12 bits per heavy atom. The van der Waals surface area contributed by atoms with E-state index in [-0.39, 0.29) is 27.8 Å². The summed E-state index contributed by atoms with van der Waals surface area (Å²) in [6.45, 7) is 2.91. The van der Waals surface area contributed by atoms with Gasteiger partial charge in [-0.25, -0.2) is 0 Å². The fourth-order valence-corrected chi connectivity index (χ4v) is 5.66. The Hall–Kier alpha value is -3.48. The highest BCUT2D eigenvalue weighted by molar-refractivity contribution is 6.37. The number of para-hydroxylation sites is 1.